The summed E-state index contributed by atoms with van der Waals surface area (Å²) in [6, 6.07) is 5.57. The Kier molecular flexibility index (Phi) is 6.10. The van der Waals surface area contributed by atoms with Crippen molar-refractivity contribution < 1.29 is 23.6 Å². The van der Waals surface area contributed by atoms with Crippen LogP contribution in [0, 0.1) is 30.1 Å². The fourth-order valence-electron chi connectivity index (χ4n) is 7.19. The average molecular weight is 488 g/mol. The molecule has 3 unspecified atom stereocenters. The van der Waals surface area contributed by atoms with Gasteiger partial charge in [0.2, 0.25) is 5.91 Å². The second-order valence-electron chi connectivity index (χ2n) is 10.7. The Morgan fingerprint density at radius 2 is 2.12 bits per heavy atom. The van der Waals surface area contributed by atoms with Crippen LogP contribution in [-0.4, -0.2) is 34.0 Å². The highest BCUT2D eigenvalue weighted by molar-refractivity contribution is 7.15. The average Bonchev–Trinajstić information content (AvgIpc) is 3.28. The summed E-state index contributed by atoms with van der Waals surface area (Å²) in [5.74, 6) is -2.87. The monoisotopic (exact) mass is 488 g/mol. The number of nitrogens with zero attached hydrogens (tertiary/aromatic N) is 1. The number of alkyl halides is 2. The molecular formula is C25H31BF2N2O3S. The maximum absolute atomic E-state index is 15.4. The third-order valence-corrected chi connectivity index (χ3v) is 9.60. The molecule has 5 rings (SSSR count). The molecule has 0 aliphatic heterocycles. The highest BCUT2D eigenvalue weighted by atomic mass is 32.1. The Labute approximate surface area is 203 Å². The molecular weight excluding hydrogens is 457 g/mol. The summed E-state index contributed by atoms with van der Waals surface area (Å²) in [6.45, 7) is 3.69. The smallest absolute Gasteiger partial charge is 0.423 e. The molecule has 182 valence electrons. The maximum Gasteiger partial charge on any atom is 0.488 e. The van der Waals surface area contributed by atoms with Crippen molar-refractivity contribution in [2.75, 3.05) is 5.32 Å². The standard InChI is InChI=1S/C25H31BF2N2O3S/c1-14-13-29-23(34-14)30-21(31)8-4-16-12-25(27,28)24(2)10-9-19-18-7-5-17(26(32)33)11-15(18)3-6-20(19)22(16)24/h5,7,11,13,16,19-20,22,32-33H,3-4,6,8-10,12H2,1-2H3,(H,29,30,31)/t16-,19?,20?,22?,24+/m1/s1. The molecule has 1 heterocycles. The summed E-state index contributed by atoms with van der Waals surface area (Å²) in [4.78, 5) is 17.7. The molecule has 9 heteroatoms. The van der Waals surface area contributed by atoms with Crippen LogP contribution in [0.5, 0.6) is 0 Å². The van der Waals surface area contributed by atoms with Gasteiger partial charge >= 0.3 is 7.12 Å². The zero-order valence-corrected chi connectivity index (χ0v) is 20.4. The topological polar surface area (TPSA) is 82.5 Å². The quantitative estimate of drug-likeness (QED) is 0.550. The van der Waals surface area contributed by atoms with Crippen LogP contribution in [-0.2, 0) is 11.2 Å². The van der Waals surface area contributed by atoms with Gasteiger partial charge in [0.25, 0.3) is 5.92 Å². The minimum atomic E-state index is -2.73. The van der Waals surface area contributed by atoms with Crippen molar-refractivity contribution in [3.63, 3.8) is 0 Å². The van der Waals surface area contributed by atoms with Crippen LogP contribution in [0.4, 0.5) is 13.9 Å². The molecule has 2 saturated carbocycles. The molecule has 1 aromatic carbocycles. The van der Waals surface area contributed by atoms with Crippen LogP contribution in [0.25, 0.3) is 0 Å². The first-order valence-electron chi connectivity index (χ1n) is 12.2. The molecule has 2 aromatic rings. The third kappa shape index (κ3) is 3.99. The van der Waals surface area contributed by atoms with E-state index in [1.807, 2.05) is 19.1 Å². The second-order valence-corrected chi connectivity index (χ2v) is 11.9. The lowest BCUT2D eigenvalue weighted by molar-refractivity contribution is -0.133. The molecule has 3 N–H and O–H groups in total. The molecule has 3 aliphatic rings. The number of benzene rings is 1. The Bertz CT molecular complexity index is 1090. The van der Waals surface area contributed by atoms with Gasteiger partial charge in [0.15, 0.2) is 5.13 Å². The molecule has 34 heavy (non-hydrogen) atoms. The van der Waals surface area contributed by atoms with Crippen LogP contribution in [0.2, 0.25) is 0 Å². The number of thiazole rings is 1. The zero-order chi connectivity index (χ0) is 24.3. The molecule has 0 saturated heterocycles. The molecule has 5 atom stereocenters. The number of hydrogen-bond acceptors (Lipinski definition) is 5. The van der Waals surface area contributed by atoms with Crippen LogP contribution in [0.1, 0.15) is 67.4 Å². The number of nitrogens with one attached hydrogen (secondary N) is 1. The highest BCUT2D eigenvalue weighted by Crippen LogP contribution is 2.68. The number of anilines is 1. The van der Waals surface area contributed by atoms with E-state index in [1.165, 1.54) is 16.9 Å². The fourth-order valence-corrected chi connectivity index (χ4v) is 7.87. The molecule has 0 spiro atoms. The Hall–Kier alpha value is -1.84. The highest BCUT2D eigenvalue weighted by Gasteiger charge is 2.67. The number of aryl methyl sites for hydroxylation is 2. The van der Waals surface area contributed by atoms with Gasteiger partial charge < -0.3 is 15.4 Å². The summed E-state index contributed by atoms with van der Waals surface area (Å²) in [6.07, 6.45) is 5.00. The predicted molar refractivity (Wildman–Crippen MR) is 129 cm³/mol. The number of aromatic nitrogens is 1. The van der Waals surface area contributed by atoms with E-state index in [0.717, 1.165) is 29.7 Å². The van der Waals surface area contributed by atoms with Gasteiger partial charge in [-0.2, -0.15) is 0 Å². The lowest BCUT2D eigenvalue weighted by Crippen LogP contribution is -2.48. The molecule has 0 bridgehead atoms. The van der Waals surface area contributed by atoms with Gasteiger partial charge in [0, 0.05) is 29.3 Å². The van der Waals surface area contributed by atoms with Gasteiger partial charge in [-0.15, -0.1) is 11.3 Å². The zero-order valence-electron chi connectivity index (χ0n) is 19.6. The van der Waals surface area contributed by atoms with E-state index in [2.05, 4.69) is 10.3 Å². The number of rotatable bonds is 5. The summed E-state index contributed by atoms with van der Waals surface area (Å²) in [5, 5.41) is 22.4. The van der Waals surface area contributed by atoms with Crippen molar-refractivity contribution in [1.29, 1.82) is 0 Å². The van der Waals surface area contributed by atoms with Crippen LogP contribution in [0.3, 0.4) is 0 Å². The van der Waals surface area contributed by atoms with Crippen LogP contribution < -0.4 is 10.8 Å². The van der Waals surface area contributed by atoms with Crippen LogP contribution >= 0.6 is 11.3 Å². The summed E-state index contributed by atoms with van der Waals surface area (Å²) in [5.41, 5.74) is 1.72. The Morgan fingerprint density at radius 1 is 1.32 bits per heavy atom. The number of hydrogen-bond donors (Lipinski definition) is 3. The van der Waals surface area contributed by atoms with E-state index < -0.39 is 18.5 Å². The fraction of sp³-hybridized carbons (Fsp3) is 0.600. The largest absolute Gasteiger partial charge is 0.488 e. The third-order valence-electron chi connectivity index (χ3n) is 8.77. The van der Waals surface area contributed by atoms with E-state index in [-0.39, 0.29) is 42.4 Å². The SMILES string of the molecule is Cc1cnc(NC(=O)CC[C@@H]2CC(F)(F)[C@@]3(C)CCC4c5ccc(B(O)O)cc5CCC4C23)s1. The lowest BCUT2D eigenvalue weighted by atomic mass is 9.53. The first kappa shape index (κ1) is 23.9. The van der Waals surface area contributed by atoms with Crippen molar-refractivity contribution in [2.45, 2.75) is 70.6 Å². The van der Waals surface area contributed by atoms with Gasteiger partial charge in [-0.25, -0.2) is 13.8 Å². The number of amides is 1. The van der Waals surface area contributed by atoms with Crippen molar-refractivity contribution in [1.82, 2.24) is 4.98 Å². The molecule has 1 aromatic heterocycles. The van der Waals surface area contributed by atoms with Gasteiger partial charge in [0.1, 0.15) is 0 Å². The first-order chi connectivity index (χ1) is 16.1. The van der Waals surface area contributed by atoms with Crippen molar-refractivity contribution in [2.24, 2.45) is 23.2 Å². The number of carbonyl (C=O) groups is 1. The van der Waals surface area contributed by atoms with E-state index in [9.17, 15) is 14.8 Å². The maximum atomic E-state index is 15.4. The van der Waals surface area contributed by atoms with E-state index in [4.69, 9.17) is 0 Å². The van der Waals surface area contributed by atoms with Crippen molar-refractivity contribution >= 4 is 35.0 Å². The van der Waals surface area contributed by atoms with Gasteiger partial charge in [0.05, 0.1) is 0 Å². The van der Waals surface area contributed by atoms with Gasteiger partial charge in [-0.3, -0.25) is 4.79 Å². The normalized spacial score (nSPS) is 31.4. The van der Waals surface area contributed by atoms with Crippen molar-refractivity contribution in [3.05, 3.63) is 40.4 Å². The molecule has 2 fully saturated rings. The second kappa shape index (κ2) is 8.68. The van der Waals surface area contributed by atoms with Gasteiger partial charge in [-0.05, 0) is 79.3 Å². The lowest BCUT2D eigenvalue weighted by Gasteiger charge is -2.51. The minimum absolute atomic E-state index is 0.132. The summed E-state index contributed by atoms with van der Waals surface area (Å²) in [7, 11) is -1.50. The number of fused-ring (bicyclic) bond motifs is 5. The molecule has 1 amide bonds. The van der Waals surface area contributed by atoms with E-state index in [0.29, 0.717) is 23.4 Å². The van der Waals surface area contributed by atoms with Crippen molar-refractivity contribution in [3.8, 4) is 0 Å². The Balaban J connectivity index is 1.36. The van der Waals surface area contributed by atoms with E-state index in [1.54, 1.807) is 19.2 Å². The van der Waals surface area contributed by atoms with Crippen LogP contribution in [0.15, 0.2) is 24.4 Å². The predicted octanol–water partition coefficient (Wildman–Crippen LogP) is 4.27. The van der Waals surface area contributed by atoms with E-state index >= 15 is 8.78 Å². The minimum Gasteiger partial charge on any atom is -0.423 e. The number of carbonyl (C=O) groups excluding carboxylic acids is 1. The Morgan fingerprint density at radius 3 is 2.82 bits per heavy atom. The molecule has 3 aliphatic carbocycles. The molecule has 5 nitrogen and oxygen atoms in total. The summed E-state index contributed by atoms with van der Waals surface area (Å²) >= 11 is 1.41. The van der Waals surface area contributed by atoms with Gasteiger partial charge in [-0.1, -0.05) is 25.1 Å². The molecule has 0 radical (unpaired) electrons. The first-order valence-corrected chi connectivity index (χ1v) is 13.0. The number of halogens is 2. The summed E-state index contributed by atoms with van der Waals surface area (Å²) < 4.78 is 30.8.